The molecule has 0 bridgehead atoms. The van der Waals surface area contributed by atoms with E-state index in [1.807, 2.05) is 51.1 Å². The highest BCUT2D eigenvalue weighted by molar-refractivity contribution is 6.11. The monoisotopic (exact) mass is 271 g/mol. The van der Waals surface area contributed by atoms with Crippen LogP contribution in [0.15, 0.2) is 36.5 Å². The van der Waals surface area contributed by atoms with E-state index < -0.39 is 5.60 Å². The molecular weight excluding hydrogens is 250 g/mol. The minimum Gasteiger partial charge on any atom is -0.367 e. The number of carbonyl (C=O) groups is 1. The van der Waals surface area contributed by atoms with Crippen LogP contribution in [0.3, 0.4) is 0 Å². The summed E-state index contributed by atoms with van der Waals surface area (Å²) in [4.78, 5) is 17.3. The Bertz CT molecular complexity index is 597. The summed E-state index contributed by atoms with van der Waals surface area (Å²) in [5, 5.41) is 0.894. The molecule has 3 nitrogen and oxygen atoms in total. The molecule has 2 aromatic rings. The van der Waals surface area contributed by atoms with Crippen molar-refractivity contribution in [1.29, 1.82) is 0 Å². The van der Waals surface area contributed by atoms with Gasteiger partial charge in [-0.15, -0.1) is 0 Å². The number of ketones is 1. The van der Waals surface area contributed by atoms with Crippen molar-refractivity contribution in [2.75, 3.05) is 6.61 Å². The second kappa shape index (κ2) is 6.14. The summed E-state index contributed by atoms with van der Waals surface area (Å²) in [7, 11) is 0. The second-order valence-electron chi connectivity index (χ2n) is 4.84. The summed E-state index contributed by atoms with van der Waals surface area (Å²) in [6.45, 7) is 6.47. The van der Waals surface area contributed by atoms with E-state index in [-0.39, 0.29) is 5.78 Å². The Labute approximate surface area is 120 Å². The Kier molecular flexibility index (Phi) is 4.50. The van der Waals surface area contributed by atoms with Crippen molar-refractivity contribution in [3.8, 4) is 0 Å². The van der Waals surface area contributed by atoms with E-state index in [9.17, 15) is 4.79 Å². The van der Waals surface area contributed by atoms with Gasteiger partial charge >= 0.3 is 0 Å². The standard InChI is InChI=1S/C17H21NO2/c1-4-17(5-2,20-6-3)16(19)14-9-7-11-15-13(14)10-8-12-18-15/h7-12H,4-6H2,1-3H3. The normalized spacial score (nSPS) is 11.8. The summed E-state index contributed by atoms with van der Waals surface area (Å²) in [6.07, 6.45) is 3.09. The van der Waals surface area contributed by atoms with Crippen molar-refractivity contribution in [2.24, 2.45) is 0 Å². The van der Waals surface area contributed by atoms with Crippen LogP contribution in [0.4, 0.5) is 0 Å². The third-order valence-corrected chi connectivity index (χ3v) is 3.87. The van der Waals surface area contributed by atoms with E-state index in [0.717, 1.165) is 10.9 Å². The summed E-state index contributed by atoms with van der Waals surface area (Å²) >= 11 is 0. The number of pyridine rings is 1. The van der Waals surface area contributed by atoms with Gasteiger partial charge in [0.2, 0.25) is 0 Å². The molecule has 0 aliphatic heterocycles. The quantitative estimate of drug-likeness (QED) is 0.745. The van der Waals surface area contributed by atoms with Gasteiger partial charge in [0.15, 0.2) is 5.78 Å². The first-order chi connectivity index (χ1) is 9.68. The first-order valence-electron chi connectivity index (χ1n) is 7.21. The molecule has 20 heavy (non-hydrogen) atoms. The van der Waals surface area contributed by atoms with E-state index in [1.54, 1.807) is 6.20 Å². The minimum absolute atomic E-state index is 0.0583. The largest absolute Gasteiger partial charge is 0.367 e. The third-order valence-electron chi connectivity index (χ3n) is 3.87. The molecule has 1 aromatic heterocycles. The Balaban J connectivity index is 2.54. The Hall–Kier alpha value is -1.74. The van der Waals surface area contributed by atoms with Crippen molar-refractivity contribution >= 4 is 16.7 Å². The average molecular weight is 271 g/mol. The Morgan fingerprint density at radius 3 is 2.55 bits per heavy atom. The van der Waals surface area contributed by atoms with Crippen LogP contribution in [0.1, 0.15) is 44.0 Å². The summed E-state index contributed by atoms with van der Waals surface area (Å²) < 4.78 is 5.82. The molecule has 2 rings (SSSR count). The molecule has 0 unspecified atom stereocenters. The van der Waals surface area contributed by atoms with Gasteiger partial charge < -0.3 is 4.74 Å². The number of benzene rings is 1. The van der Waals surface area contributed by atoms with Gasteiger partial charge in [-0.3, -0.25) is 9.78 Å². The number of hydrogen-bond acceptors (Lipinski definition) is 3. The van der Waals surface area contributed by atoms with Gasteiger partial charge in [0.05, 0.1) is 5.52 Å². The summed E-state index contributed by atoms with van der Waals surface area (Å²) in [5.41, 5.74) is 0.822. The summed E-state index contributed by atoms with van der Waals surface area (Å²) in [6, 6.07) is 9.47. The van der Waals surface area contributed by atoms with Crippen molar-refractivity contribution in [2.45, 2.75) is 39.2 Å². The number of aromatic nitrogens is 1. The van der Waals surface area contributed by atoms with Gasteiger partial charge in [0.25, 0.3) is 0 Å². The highest BCUT2D eigenvalue weighted by Gasteiger charge is 2.36. The molecule has 0 saturated heterocycles. The molecule has 1 heterocycles. The first-order valence-corrected chi connectivity index (χ1v) is 7.21. The molecule has 0 N–H and O–H groups in total. The zero-order valence-corrected chi connectivity index (χ0v) is 12.3. The maximum absolute atomic E-state index is 13.0. The molecule has 0 spiro atoms. The summed E-state index contributed by atoms with van der Waals surface area (Å²) in [5.74, 6) is 0.0583. The van der Waals surface area contributed by atoms with Gasteiger partial charge in [-0.2, -0.15) is 0 Å². The predicted octanol–water partition coefficient (Wildman–Crippen LogP) is 4.01. The zero-order valence-electron chi connectivity index (χ0n) is 12.3. The maximum atomic E-state index is 13.0. The van der Waals surface area contributed by atoms with Crippen LogP contribution in [0, 0.1) is 0 Å². The fourth-order valence-electron chi connectivity index (χ4n) is 2.66. The molecule has 0 aliphatic rings. The molecule has 0 aliphatic carbocycles. The number of nitrogens with zero attached hydrogens (tertiary/aromatic N) is 1. The Morgan fingerprint density at radius 2 is 1.90 bits per heavy atom. The van der Waals surface area contributed by atoms with E-state index in [0.29, 0.717) is 25.0 Å². The number of hydrogen-bond donors (Lipinski definition) is 0. The topological polar surface area (TPSA) is 39.2 Å². The van der Waals surface area contributed by atoms with E-state index in [2.05, 4.69) is 4.98 Å². The third kappa shape index (κ3) is 2.46. The lowest BCUT2D eigenvalue weighted by molar-refractivity contribution is -0.0249. The van der Waals surface area contributed by atoms with Gasteiger partial charge in [0.1, 0.15) is 5.60 Å². The van der Waals surface area contributed by atoms with Crippen molar-refractivity contribution in [3.05, 3.63) is 42.1 Å². The molecule has 106 valence electrons. The lowest BCUT2D eigenvalue weighted by Crippen LogP contribution is -2.40. The maximum Gasteiger partial charge on any atom is 0.195 e. The highest BCUT2D eigenvalue weighted by atomic mass is 16.5. The first kappa shape index (κ1) is 14.7. The van der Waals surface area contributed by atoms with E-state index in [1.165, 1.54) is 0 Å². The second-order valence-corrected chi connectivity index (χ2v) is 4.84. The lowest BCUT2D eigenvalue weighted by atomic mass is 9.86. The van der Waals surface area contributed by atoms with Gasteiger partial charge in [-0.25, -0.2) is 0 Å². The number of fused-ring (bicyclic) bond motifs is 1. The van der Waals surface area contributed by atoms with Crippen molar-refractivity contribution < 1.29 is 9.53 Å². The molecule has 0 saturated carbocycles. The zero-order chi connectivity index (χ0) is 14.6. The molecule has 0 fully saturated rings. The van der Waals surface area contributed by atoms with Crippen LogP contribution in [0.5, 0.6) is 0 Å². The van der Waals surface area contributed by atoms with Crippen LogP contribution in [0.2, 0.25) is 0 Å². The number of Topliss-reactive ketones (excluding diaryl/α,β-unsaturated/α-hetero) is 1. The fourth-order valence-corrected chi connectivity index (χ4v) is 2.66. The van der Waals surface area contributed by atoms with Crippen LogP contribution in [-0.2, 0) is 4.74 Å². The predicted molar refractivity (Wildman–Crippen MR) is 81.0 cm³/mol. The number of carbonyl (C=O) groups excluding carboxylic acids is 1. The molecule has 0 radical (unpaired) electrons. The van der Waals surface area contributed by atoms with Crippen LogP contribution >= 0.6 is 0 Å². The lowest BCUT2D eigenvalue weighted by Gasteiger charge is -2.30. The van der Waals surface area contributed by atoms with Crippen LogP contribution < -0.4 is 0 Å². The van der Waals surface area contributed by atoms with Crippen molar-refractivity contribution in [1.82, 2.24) is 4.98 Å². The Morgan fingerprint density at radius 1 is 1.15 bits per heavy atom. The SMILES string of the molecule is CCOC(CC)(CC)C(=O)c1cccc2ncccc12. The number of rotatable bonds is 6. The van der Waals surface area contributed by atoms with Gasteiger partial charge in [-0.1, -0.05) is 32.0 Å². The van der Waals surface area contributed by atoms with Crippen LogP contribution in [0.25, 0.3) is 10.9 Å². The smallest absolute Gasteiger partial charge is 0.195 e. The van der Waals surface area contributed by atoms with Crippen molar-refractivity contribution in [3.63, 3.8) is 0 Å². The van der Waals surface area contributed by atoms with E-state index >= 15 is 0 Å². The molecule has 1 aromatic carbocycles. The molecule has 0 amide bonds. The molecule has 0 atom stereocenters. The van der Waals surface area contributed by atoms with E-state index in [4.69, 9.17) is 4.74 Å². The molecular formula is C17H21NO2. The van der Waals surface area contributed by atoms with Crippen LogP contribution in [-0.4, -0.2) is 23.0 Å². The minimum atomic E-state index is -0.723. The van der Waals surface area contributed by atoms with Gasteiger partial charge in [0, 0.05) is 23.8 Å². The highest BCUT2D eigenvalue weighted by Crippen LogP contribution is 2.29. The number of ether oxygens (including phenoxy) is 1. The molecule has 3 heteroatoms. The average Bonchev–Trinajstić information content (AvgIpc) is 2.51. The van der Waals surface area contributed by atoms with Gasteiger partial charge in [-0.05, 0) is 31.9 Å². The fraction of sp³-hybridized carbons (Fsp3) is 0.412.